The van der Waals surface area contributed by atoms with Crippen LogP contribution in [0.5, 0.6) is 5.88 Å². The van der Waals surface area contributed by atoms with Crippen molar-refractivity contribution in [1.29, 1.82) is 0 Å². The van der Waals surface area contributed by atoms with Gasteiger partial charge >= 0.3 is 5.97 Å². The Bertz CT molecular complexity index is 405. The van der Waals surface area contributed by atoms with E-state index in [-0.39, 0.29) is 12.1 Å². The molecular weight excluding hydrogens is 226 g/mol. The largest absolute Gasteiger partial charge is 0.481 e. The summed E-state index contributed by atoms with van der Waals surface area (Å²) in [6.07, 6.45) is -0.144. The Kier molecular flexibility index (Phi) is 4.38. The maximum absolute atomic E-state index is 11.6. The van der Waals surface area contributed by atoms with Gasteiger partial charge < -0.3 is 15.2 Å². The van der Waals surface area contributed by atoms with Crippen LogP contribution in [-0.4, -0.2) is 40.3 Å². The van der Waals surface area contributed by atoms with Crippen LogP contribution in [-0.2, 0) is 4.79 Å². The highest BCUT2D eigenvalue weighted by Gasteiger charge is 2.13. The summed E-state index contributed by atoms with van der Waals surface area (Å²) in [6.45, 7) is 1.60. The van der Waals surface area contributed by atoms with Crippen LogP contribution < -0.4 is 10.1 Å². The maximum Gasteiger partial charge on any atom is 0.305 e. The summed E-state index contributed by atoms with van der Waals surface area (Å²) in [5, 5.41) is 18.3. The molecule has 7 nitrogen and oxygen atoms in total. The fourth-order valence-electron chi connectivity index (χ4n) is 1.16. The number of carbonyl (C=O) groups is 2. The van der Waals surface area contributed by atoms with Gasteiger partial charge in [-0.05, 0) is 13.0 Å². The first-order valence-electron chi connectivity index (χ1n) is 4.93. The predicted octanol–water partition coefficient (Wildman–Crippen LogP) is 0.0782. The van der Waals surface area contributed by atoms with Crippen LogP contribution in [0.1, 0.15) is 23.8 Å². The Balaban J connectivity index is 2.60. The van der Waals surface area contributed by atoms with E-state index in [2.05, 4.69) is 15.5 Å². The Hall–Kier alpha value is -2.18. The minimum absolute atomic E-state index is 0.114. The van der Waals surface area contributed by atoms with Crippen molar-refractivity contribution in [3.63, 3.8) is 0 Å². The van der Waals surface area contributed by atoms with E-state index in [0.29, 0.717) is 5.88 Å². The van der Waals surface area contributed by atoms with E-state index < -0.39 is 17.9 Å². The minimum atomic E-state index is -0.974. The Morgan fingerprint density at radius 2 is 2.18 bits per heavy atom. The minimum Gasteiger partial charge on any atom is -0.481 e. The molecule has 1 heterocycles. The van der Waals surface area contributed by atoms with Gasteiger partial charge in [0.25, 0.3) is 5.91 Å². The Morgan fingerprint density at radius 1 is 1.47 bits per heavy atom. The van der Waals surface area contributed by atoms with E-state index in [1.54, 1.807) is 6.92 Å². The molecule has 0 aromatic carbocycles. The fourth-order valence-corrected chi connectivity index (χ4v) is 1.16. The van der Waals surface area contributed by atoms with Gasteiger partial charge in [-0.15, -0.1) is 10.2 Å². The molecular formula is C10H13N3O4. The van der Waals surface area contributed by atoms with Gasteiger partial charge in [-0.2, -0.15) is 0 Å². The molecule has 0 aliphatic rings. The SMILES string of the molecule is COc1ccc(C(=O)NC(C)CC(=O)O)nn1. The number of hydrogen-bond donors (Lipinski definition) is 2. The fraction of sp³-hybridized carbons (Fsp3) is 0.400. The van der Waals surface area contributed by atoms with Crippen LogP contribution in [0, 0.1) is 0 Å². The van der Waals surface area contributed by atoms with Crippen molar-refractivity contribution in [3.05, 3.63) is 17.8 Å². The summed E-state index contributed by atoms with van der Waals surface area (Å²) in [5.74, 6) is -1.13. The highest BCUT2D eigenvalue weighted by atomic mass is 16.5. The Labute approximate surface area is 97.8 Å². The van der Waals surface area contributed by atoms with Crippen LogP contribution >= 0.6 is 0 Å². The molecule has 0 saturated heterocycles. The number of nitrogens with one attached hydrogen (secondary N) is 1. The van der Waals surface area contributed by atoms with E-state index in [1.807, 2.05) is 0 Å². The summed E-state index contributed by atoms with van der Waals surface area (Å²) in [6, 6.07) is 2.49. The van der Waals surface area contributed by atoms with Gasteiger partial charge in [0, 0.05) is 12.1 Å². The van der Waals surface area contributed by atoms with Crippen molar-refractivity contribution in [3.8, 4) is 5.88 Å². The molecule has 0 saturated carbocycles. The first kappa shape index (κ1) is 12.9. The van der Waals surface area contributed by atoms with Crippen molar-refractivity contribution in [1.82, 2.24) is 15.5 Å². The summed E-state index contributed by atoms with van der Waals surface area (Å²) in [5.41, 5.74) is 0.114. The average molecular weight is 239 g/mol. The molecule has 0 aliphatic carbocycles. The lowest BCUT2D eigenvalue weighted by Crippen LogP contribution is -2.34. The van der Waals surface area contributed by atoms with Gasteiger partial charge in [0.2, 0.25) is 5.88 Å². The molecule has 1 unspecified atom stereocenters. The zero-order valence-electron chi connectivity index (χ0n) is 9.51. The molecule has 0 fully saturated rings. The van der Waals surface area contributed by atoms with E-state index in [0.717, 1.165) is 0 Å². The topological polar surface area (TPSA) is 101 Å². The molecule has 0 aliphatic heterocycles. The number of ether oxygens (including phenoxy) is 1. The molecule has 1 atom stereocenters. The molecule has 0 radical (unpaired) electrons. The van der Waals surface area contributed by atoms with E-state index in [4.69, 9.17) is 9.84 Å². The van der Waals surface area contributed by atoms with Gasteiger partial charge in [0.15, 0.2) is 5.69 Å². The van der Waals surface area contributed by atoms with Crippen molar-refractivity contribution in [2.24, 2.45) is 0 Å². The number of aliphatic carboxylic acids is 1. The smallest absolute Gasteiger partial charge is 0.305 e. The Morgan fingerprint density at radius 3 is 2.65 bits per heavy atom. The standard InChI is InChI=1S/C10H13N3O4/c1-6(5-9(14)15)11-10(16)7-3-4-8(17-2)13-12-7/h3-4,6H,5H2,1-2H3,(H,11,16)(H,14,15). The second-order valence-corrected chi connectivity index (χ2v) is 3.43. The molecule has 0 spiro atoms. The summed E-state index contributed by atoms with van der Waals surface area (Å²) < 4.78 is 4.80. The molecule has 1 rings (SSSR count). The highest BCUT2D eigenvalue weighted by molar-refractivity contribution is 5.92. The third-order valence-corrected chi connectivity index (χ3v) is 1.94. The van der Waals surface area contributed by atoms with E-state index >= 15 is 0 Å². The van der Waals surface area contributed by atoms with Crippen LogP contribution in [0.15, 0.2) is 12.1 Å². The van der Waals surface area contributed by atoms with Crippen LogP contribution in [0.3, 0.4) is 0 Å². The number of hydrogen-bond acceptors (Lipinski definition) is 5. The monoisotopic (exact) mass is 239 g/mol. The third kappa shape index (κ3) is 4.06. The number of aromatic nitrogens is 2. The summed E-state index contributed by atoms with van der Waals surface area (Å²) in [4.78, 5) is 22.0. The normalized spacial score (nSPS) is 11.6. The third-order valence-electron chi connectivity index (χ3n) is 1.94. The lowest BCUT2D eigenvalue weighted by Gasteiger charge is -2.10. The van der Waals surface area contributed by atoms with Crippen LogP contribution in [0.25, 0.3) is 0 Å². The summed E-state index contributed by atoms with van der Waals surface area (Å²) >= 11 is 0. The first-order valence-corrected chi connectivity index (χ1v) is 4.93. The zero-order chi connectivity index (χ0) is 12.8. The van der Waals surface area contributed by atoms with Crippen molar-refractivity contribution in [2.75, 3.05) is 7.11 Å². The number of nitrogens with zero attached hydrogens (tertiary/aromatic N) is 2. The number of amides is 1. The van der Waals surface area contributed by atoms with Crippen molar-refractivity contribution in [2.45, 2.75) is 19.4 Å². The molecule has 1 amide bonds. The second-order valence-electron chi connectivity index (χ2n) is 3.43. The van der Waals surface area contributed by atoms with Crippen molar-refractivity contribution < 1.29 is 19.4 Å². The molecule has 92 valence electrons. The molecule has 2 N–H and O–H groups in total. The lowest BCUT2D eigenvalue weighted by atomic mass is 10.2. The van der Waals surface area contributed by atoms with Crippen LogP contribution in [0.2, 0.25) is 0 Å². The first-order chi connectivity index (χ1) is 8.02. The molecule has 1 aromatic rings. The van der Waals surface area contributed by atoms with Gasteiger partial charge in [-0.3, -0.25) is 9.59 Å². The van der Waals surface area contributed by atoms with Gasteiger partial charge in [-0.1, -0.05) is 0 Å². The zero-order valence-corrected chi connectivity index (χ0v) is 9.51. The number of carboxylic acids is 1. The molecule has 17 heavy (non-hydrogen) atoms. The van der Waals surface area contributed by atoms with Gasteiger partial charge in [0.05, 0.1) is 13.5 Å². The van der Waals surface area contributed by atoms with Crippen LogP contribution in [0.4, 0.5) is 0 Å². The van der Waals surface area contributed by atoms with E-state index in [1.165, 1.54) is 19.2 Å². The average Bonchev–Trinajstić information content (AvgIpc) is 2.28. The number of carbonyl (C=O) groups excluding carboxylic acids is 1. The molecule has 0 bridgehead atoms. The number of methoxy groups -OCH3 is 1. The summed E-state index contributed by atoms with van der Waals surface area (Å²) in [7, 11) is 1.44. The number of rotatable bonds is 5. The molecule has 1 aromatic heterocycles. The maximum atomic E-state index is 11.6. The number of carboxylic acid groups (broad SMARTS) is 1. The highest BCUT2D eigenvalue weighted by Crippen LogP contribution is 2.03. The quantitative estimate of drug-likeness (QED) is 0.754. The predicted molar refractivity (Wildman–Crippen MR) is 57.8 cm³/mol. The molecule has 7 heteroatoms. The van der Waals surface area contributed by atoms with E-state index in [9.17, 15) is 9.59 Å². The lowest BCUT2D eigenvalue weighted by molar-refractivity contribution is -0.137. The van der Waals surface area contributed by atoms with Gasteiger partial charge in [-0.25, -0.2) is 0 Å². The van der Waals surface area contributed by atoms with Crippen molar-refractivity contribution >= 4 is 11.9 Å². The second kappa shape index (κ2) is 5.78. The van der Waals surface area contributed by atoms with Gasteiger partial charge in [0.1, 0.15) is 0 Å².